The smallest absolute Gasteiger partial charge is 0.235 e. The molecule has 0 aliphatic heterocycles. The molecular formula is C11H14BrN3O. The van der Waals surface area contributed by atoms with Gasteiger partial charge in [-0.05, 0) is 28.8 Å². The van der Waals surface area contributed by atoms with E-state index in [0.29, 0.717) is 0 Å². The highest BCUT2D eigenvalue weighted by molar-refractivity contribution is 9.10. The highest BCUT2D eigenvalue weighted by Crippen LogP contribution is 2.42. The third-order valence-electron chi connectivity index (χ3n) is 3.31. The van der Waals surface area contributed by atoms with Gasteiger partial charge in [0, 0.05) is 12.6 Å². The predicted octanol–water partition coefficient (Wildman–Crippen LogP) is 2.68. The Labute approximate surface area is 103 Å². The SMILES string of the molecule is Cn1ncc(C2(N=C=O)CCCCC2)c1Br. The van der Waals surface area contributed by atoms with Crippen molar-refractivity contribution in [2.45, 2.75) is 37.6 Å². The summed E-state index contributed by atoms with van der Waals surface area (Å²) in [7, 11) is 1.87. The van der Waals surface area contributed by atoms with Crippen molar-refractivity contribution in [1.82, 2.24) is 9.78 Å². The molecule has 1 saturated carbocycles. The highest BCUT2D eigenvalue weighted by atomic mass is 79.9. The fourth-order valence-corrected chi connectivity index (χ4v) is 2.96. The normalized spacial score (nSPS) is 19.1. The number of nitrogens with zero attached hydrogens (tertiary/aromatic N) is 3. The Bertz CT molecular complexity index is 428. The van der Waals surface area contributed by atoms with E-state index in [1.807, 2.05) is 7.05 Å². The van der Waals surface area contributed by atoms with Gasteiger partial charge in [0.2, 0.25) is 6.08 Å². The highest BCUT2D eigenvalue weighted by Gasteiger charge is 2.36. The van der Waals surface area contributed by atoms with Crippen LogP contribution in [0.25, 0.3) is 0 Å². The summed E-state index contributed by atoms with van der Waals surface area (Å²) in [5, 5.41) is 4.20. The number of aliphatic imine (C=N–C) groups is 1. The van der Waals surface area contributed by atoms with E-state index in [-0.39, 0.29) is 0 Å². The van der Waals surface area contributed by atoms with Gasteiger partial charge in [0.25, 0.3) is 0 Å². The minimum Gasteiger partial charge on any atom is -0.261 e. The summed E-state index contributed by atoms with van der Waals surface area (Å²) in [6, 6.07) is 0. The number of aryl methyl sites for hydroxylation is 1. The monoisotopic (exact) mass is 283 g/mol. The Morgan fingerprint density at radius 1 is 1.50 bits per heavy atom. The van der Waals surface area contributed by atoms with Gasteiger partial charge in [-0.2, -0.15) is 10.1 Å². The first-order valence-corrected chi connectivity index (χ1v) is 6.26. The average Bonchev–Trinajstić information content (AvgIpc) is 2.62. The summed E-state index contributed by atoms with van der Waals surface area (Å²) in [4.78, 5) is 14.7. The number of carbonyl (C=O) groups excluding carboxylic acids is 1. The number of aromatic nitrogens is 2. The lowest BCUT2D eigenvalue weighted by Crippen LogP contribution is -2.26. The summed E-state index contributed by atoms with van der Waals surface area (Å²) >= 11 is 3.50. The van der Waals surface area contributed by atoms with Crippen molar-refractivity contribution >= 4 is 22.0 Å². The van der Waals surface area contributed by atoms with Crippen molar-refractivity contribution in [3.8, 4) is 0 Å². The van der Waals surface area contributed by atoms with Gasteiger partial charge < -0.3 is 0 Å². The second kappa shape index (κ2) is 4.52. The number of isocyanates is 1. The topological polar surface area (TPSA) is 47.2 Å². The van der Waals surface area contributed by atoms with Crippen molar-refractivity contribution in [3.05, 3.63) is 16.4 Å². The van der Waals surface area contributed by atoms with Crippen LogP contribution >= 0.6 is 15.9 Å². The first kappa shape index (κ1) is 11.6. The lowest BCUT2D eigenvalue weighted by atomic mass is 9.78. The largest absolute Gasteiger partial charge is 0.261 e. The molecule has 1 aromatic heterocycles. The molecule has 0 N–H and O–H groups in total. The number of hydrogen-bond acceptors (Lipinski definition) is 3. The van der Waals surface area contributed by atoms with Crippen LogP contribution in [0.4, 0.5) is 0 Å². The Balaban J connectivity index is 2.46. The van der Waals surface area contributed by atoms with Crippen molar-refractivity contribution in [1.29, 1.82) is 0 Å². The lowest BCUT2D eigenvalue weighted by Gasteiger charge is -2.31. The van der Waals surface area contributed by atoms with Crippen molar-refractivity contribution < 1.29 is 4.79 Å². The van der Waals surface area contributed by atoms with Gasteiger partial charge >= 0.3 is 0 Å². The zero-order valence-electron chi connectivity index (χ0n) is 9.24. The second-order valence-corrected chi connectivity index (χ2v) is 5.02. The lowest BCUT2D eigenvalue weighted by molar-refractivity contribution is 0.302. The Morgan fingerprint density at radius 3 is 2.69 bits per heavy atom. The standard InChI is InChI=1S/C11H14BrN3O/c1-15-10(12)9(7-14-15)11(13-8-16)5-3-2-4-6-11/h7H,2-6H2,1H3. The third-order valence-corrected chi connectivity index (χ3v) is 4.25. The van der Waals surface area contributed by atoms with E-state index in [9.17, 15) is 4.79 Å². The van der Waals surface area contributed by atoms with Gasteiger partial charge in [-0.25, -0.2) is 4.79 Å². The van der Waals surface area contributed by atoms with Crippen LogP contribution in [-0.4, -0.2) is 15.9 Å². The summed E-state index contributed by atoms with van der Waals surface area (Å²) in [6.45, 7) is 0. The van der Waals surface area contributed by atoms with Crippen molar-refractivity contribution in [2.75, 3.05) is 0 Å². The molecule has 0 saturated heterocycles. The van der Waals surface area contributed by atoms with Crippen molar-refractivity contribution in [3.63, 3.8) is 0 Å². The minimum absolute atomic E-state index is 0.396. The molecule has 16 heavy (non-hydrogen) atoms. The first-order chi connectivity index (χ1) is 7.69. The van der Waals surface area contributed by atoms with E-state index in [1.165, 1.54) is 6.42 Å². The van der Waals surface area contributed by atoms with Crippen LogP contribution in [0.1, 0.15) is 37.7 Å². The van der Waals surface area contributed by atoms with E-state index in [0.717, 1.165) is 35.8 Å². The molecule has 0 bridgehead atoms. The summed E-state index contributed by atoms with van der Waals surface area (Å²) < 4.78 is 2.67. The maximum atomic E-state index is 10.6. The molecule has 0 radical (unpaired) electrons. The maximum absolute atomic E-state index is 10.6. The molecule has 2 rings (SSSR count). The quantitative estimate of drug-likeness (QED) is 0.619. The molecule has 4 nitrogen and oxygen atoms in total. The van der Waals surface area contributed by atoms with Gasteiger partial charge in [-0.3, -0.25) is 4.68 Å². The van der Waals surface area contributed by atoms with E-state index in [2.05, 4.69) is 26.0 Å². The summed E-state index contributed by atoms with van der Waals surface area (Å²) in [5.41, 5.74) is 0.616. The van der Waals surface area contributed by atoms with E-state index >= 15 is 0 Å². The second-order valence-electron chi connectivity index (χ2n) is 4.27. The van der Waals surface area contributed by atoms with E-state index < -0.39 is 5.54 Å². The van der Waals surface area contributed by atoms with Crippen LogP contribution in [0.15, 0.2) is 15.8 Å². The summed E-state index contributed by atoms with van der Waals surface area (Å²) in [6.07, 6.45) is 8.77. The fourth-order valence-electron chi connectivity index (χ4n) is 2.40. The van der Waals surface area contributed by atoms with Gasteiger partial charge in [0.05, 0.1) is 6.20 Å². The molecule has 0 aromatic carbocycles. The predicted molar refractivity (Wildman–Crippen MR) is 63.8 cm³/mol. The Morgan fingerprint density at radius 2 is 2.19 bits per heavy atom. The molecular weight excluding hydrogens is 270 g/mol. The van der Waals surface area contributed by atoms with Crippen LogP contribution < -0.4 is 0 Å². The molecule has 5 heteroatoms. The molecule has 1 aliphatic rings. The zero-order chi connectivity index (χ0) is 11.6. The Kier molecular flexibility index (Phi) is 3.26. The van der Waals surface area contributed by atoms with Crippen LogP contribution in [0, 0.1) is 0 Å². The molecule has 86 valence electrons. The molecule has 1 aromatic rings. The maximum Gasteiger partial charge on any atom is 0.235 e. The number of halogens is 1. The van der Waals surface area contributed by atoms with Crippen molar-refractivity contribution in [2.24, 2.45) is 12.0 Å². The molecule has 1 heterocycles. The minimum atomic E-state index is -0.396. The Hall–Kier alpha value is -0.930. The average molecular weight is 284 g/mol. The third kappa shape index (κ3) is 1.85. The van der Waals surface area contributed by atoms with Crippen LogP contribution in [0.2, 0.25) is 0 Å². The zero-order valence-corrected chi connectivity index (χ0v) is 10.8. The molecule has 0 spiro atoms. The van der Waals surface area contributed by atoms with Gasteiger partial charge in [-0.1, -0.05) is 19.3 Å². The van der Waals surface area contributed by atoms with Gasteiger partial charge in [-0.15, -0.1) is 0 Å². The first-order valence-electron chi connectivity index (χ1n) is 5.47. The van der Waals surface area contributed by atoms with Crippen LogP contribution in [-0.2, 0) is 17.4 Å². The van der Waals surface area contributed by atoms with E-state index in [4.69, 9.17) is 0 Å². The molecule has 1 aliphatic carbocycles. The fraction of sp³-hybridized carbons (Fsp3) is 0.636. The number of hydrogen-bond donors (Lipinski definition) is 0. The number of rotatable bonds is 2. The molecule has 1 fully saturated rings. The summed E-state index contributed by atoms with van der Waals surface area (Å²) in [5.74, 6) is 0. The molecule has 0 unspecified atom stereocenters. The molecule has 0 atom stereocenters. The van der Waals surface area contributed by atoms with Crippen LogP contribution in [0.3, 0.4) is 0 Å². The van der Waals surface area contributed by atoms with E-state index in [1.54, 1.807) is 17.0 Å². The molecule has 0 amide bonds. The van der Waals surface area contributed by atoms with Gasteiger partial charge in [0.15, 0.2) is 0 Å². The van der Waals surface area contributed by atoms with Gasteiger partial charge in [0.1, 0.15) is 10.1 Å². The van der Waals surface area contributed by atoms with Crippen LogP contribution in [0.5, 0.6) is 0 Å².